The highest BCUT2D eigenvalue weighted by molar-refractivity contribution is 14.1. The smallest absolute Gasteiger partial charge is 0.262 e. The largest absolute Gasteiger partial charge is 0.482 e. The van der Waals surface area contributed by atoms with Crippen molar-refractivity contribution in [2.75, 3.05) is 11.9 Å². The van der Waals surface area contributed by atoms with Gasteiger partial charge < -0.3 is 10.1 Å². The summed E-state index contributed by atoms with van der Waals surface area (Å²) in [4.78, 5) is 23.8. The second-order valence-electron chi connectivity index (χ2n) is 4.51. The maximum absolute atomic E-state index is 12.5. The van der Waals surface area contributed by atoms with E-state index in [0.717, 1.165) is 3.57 Å². The molecule has 106 valence electrons. The lowest BCUT2D eigenvalue weighted by Gasteiger charge is -2.18. The first-order valence-electron chi connectivity index (χ1n) is 6.11. The summed E-state index contributed by atoms with van der Waals surface area (Å²) in [5, 5.41) is 3.22. The van der Waals surface area contributed by atoms with Crippen LogP contribution in [0.2, 0.25) is 5.02 Å². The Kier molecular flexibility index (Phi) is 3.86. The van der Waals surface area contributed by atoms with Gasteiger partial charge >= 0.3 is 0 Å². The molecule has 4 nitrogen and oxygen atoms in total. The van der Waals surface area contributed by atoms with E-state index >= 15 is 0 Å². The molecule has 0 saturated heterocycles. The molecular weight excluding hydrogens is 405 g/mol. The van der Waals surface area contributed by atoms with Crippen LogP contribution in [0.15, 0.2) is 36.4 Å². The molecule has 0 radical (unpaired) electrons. The van der Waals surface area contributed by atoms with Gasteiger partial charge in [0, 0.05) is 14.7 Å². The van der Waals surface area contributed by atoms with Gasteiger partial charge in [0.15, 0.2) is 12.4 Å². The molecule has 0 aliphatic carbocycles. The number of benzene rings is 2. The molecule has 1 N–H and O–H groups in total. The molecular formula is C15H9ClINO3. The topological polar surface area (TPSA) is 55.4 Å². The Bertz CT molecular complexity index is 761. The number of amides is 1. The van der Waals surface area contributed by atoms with E-state index in [-0.39, 0.29) is 18.3 Å². The molecule has 0 fully saturated rings. The van der Waals surface area contributed by atoms with Gasteiger partial charge in [-0.15, -0.1) is 0 Å². The van der Waals surface area contributed by atoms with Gasteiger partial charge in [0.05, 0.1) is 10.7 Å². The van der Waals surface area contributed by atoms with Crippen molar-refractivity contribution in [3.8, 4) is 5.75 Å². The fraction of sp³-hybridized carbons (Fsp3) is 0.0667. The van der Waals surface area contributed by atoms with Crippen molar-refractivity contribution < 1.29 is 14.3 Å². The van der Waals surface area contributed by atoms with Gasteiger partial charge in [-0.2, -0.15) is 0 Å². The van der Waals surface area contributed by atoms with Crippen LogP contribution in [0.1, 0.15) is 15.9 Å². The fourth-order valence-electron chi connectivity index (χ4n) is 2.03. The number of fused-ring (bicyclic) bond motifs is 1. The number of anilines is 1. The van der Waals surface area contributed by atoms with Crippen LogP contribution in [-0.4, -0.2) is 18.3 Å². The van der Waals surface area contributed by atoms with Crippen LogP contribution in [0.25, 0.3) is 0 Å². The molecule has 0 aromatic heterocycles. The summed E-state index contributed by atoms with van der Waals surface area (Å²) in [5.74, 6) is 0.173. The number of hydrogen-bond donors (Lipinski definition) is 1. The minimum Gasteiger partial charge on any atom is -0.482 e. The number of ketones is 1. The molecule has 0 unspecified atom stereocenters. The number of nitrogens with one attached hydrogen (secondary N) is 1. The van der Waals surface area contributed by atoms with Gasteiger partial charge in [0.25, 0.3) is 5.91 Å². The minimum absolute atomic E-state index is 0.00692. The zero-order chi connectivity index (χ0) is 15.0. The van der Waals surface area contributed by atoms with E-state index in [1.165, 1.54) is 0 Å². The zero-order valence-corrected chi connectivity index (χ0v) is 13.6. The van der Waals surface area contributed by atoms with Crippen molar-refractivity contribution in [3.05, 3.63) is 56.1 Å². The molecule has 21 heavy (non-hydrogen) atoms. The minimum atomic E-state index is -0.232. The highest BCUT2D eigenvalue weighted by atomic mass is 127. The summed E-state index contributed by atoms with van der Waals surface area (Å²) >= 11 is 8.15. The van der Waals surface area contributed by atoms with Crippen molar-refractivity contribution in [2.24, 2.45) is 0 Å². The summed E-state index contributed by atoms with van der Waals surface area (Å²) in [6.45, 7) is -0.00692. The van der Waals surface area contributed by atoms with Crippen LogP contribution < -0.4 is 10.1 Å². The monoisotopic (exact) mass is 413 g/mol. The van der Waals surface area contributed by atoms with Gasteiger partial charge in [-0.05, 0) is 59.0 Å². The third-order valence-corrected chi connectivity index (χ3v) is 4.63. The van der Waals surface area contributed by atoms with Gasteiger partial charge in [0.1, 0.15) is 5.75 Å². The van der Waals surface area contributed by atoms with E-state index in [2.05, 4.69) is 27.9 Å². The van der Waals surface area contributed by atoms with Crippen LogP contribution in [0, 0.1) is 3.57 Å². The Labute approximate surface area is 139 Å². The maximum Gasteiger partial charge on any atom is 0.262 e. The Morgan fingerprint density at radius 3 is 2.67 bits per heavy atom. The SMILES string of the molecule is O=C1COc2ccc(C(=O)c3ccc(I)c(Cl)c3)cc2N1. The molecule has 1 aliphatic heterocycles. The average Bonchev–Trinajstić information content (AvgIpc) is 2.48. The molecule has 2 aromatic carbocycles. The third kappa shape index (κ3) is 2.89. The van der Waals surface area contributed by atoms with Crippen LogP contribution >= 0.6 is 34.2 Å². The van der Waals surface area contributed by atoms with Gasteiger partial charge in [-0.3, -0.25) is 9.59 Å². The molecule has 0 saturated carbocycles. The Balaban J connectivity index is 1.96. The first kappa shape index (κ1) is 14.3. The van der Waals surface area contributed by atoms with E-state index in [4.69, 9.17) is 16.3 Å². The van der Waals surface area contributed by atoms with E-state index in [9.17, 15) is 9.59 Å². The molecule has 0 spiro atoms. The lowest BCUT2D eigenvalue weighted by atomic mass is 10.0. The molecule has 2 aromatic rings. The number of halogens is 2. The molecule has 1 amide bonds. The van der Waals surface area contributed by atoms with Crippen LogP contribution in [0.5, 0.6) is 5.75 Å². The van der Waals surface area contributed by atoms with Crippen LogP contribution in [-0.2, 0) is 4.79 Å². The van der Waals surface area contributed by atoms with Crippen molar-refractivity contribution in [1.29, 1.82) is 0 Å². The van der Waals surface area contributed by atoms with E-state index in [0.29, 0.717) is 27.6 Å². The summed E-state index contributed by atoms with van der Waals surface area (Å²) < 4.78 is 6.15. The third-order valence-electron chi connectivity index (χ3n) is 3.06. The predicted molar refractivity (Wildman–Crippen MR) is 88.2 cm³/mol. The summed E-state index contributed by atoms with van der Waals surface area (Å²) in [7, 11) is 0. The average molecular weight is 414 g/mol. The van der Waals surface area contributed by atoms with E-state index in [1.807, 2.05) is 0 Å². The first-order chi connectivity index (χ1) is 10.0. The van der Waals surface area contributed by atoms with Gasteiger partial charge in [-0.25, -0.2) is 0 Å². The van der Waals surface area contributed by atoms with Crippen molar-refractivity contribution in [1.82, 2.24) is 0 Å². The lowest BCUT2D eigenvalue weighted by Crippen LogP contribution is -2.25. The number of rotatable bonds is 2. The fourth-order valence-corrected chi connectivity index (χ4v) is 2.54. The predicted octanol–water partition coefficient (Wildman–Crippen LogP) is 3.51. The molecule has 0 bridgehead atoms. The van der Waals surface area contributed by atoms with Gasteiger partial charge in [0.2, 0.25) is 0 Å². The zero-order valence-electron chi connectivity index (χ0n) is 10.7. The number of carbonyl (C=O) groups excluding carboxylic acids is 2. The quantitative estimate of drug-likeness (QED) is 0.606. The maximum atomic E-state index is 12.5. The first-order valence-corrected chi connectivity index (χ1v) is 7.57. The highest BCUT2D eigenvalue weighted by Gasteiger charge is 2.18. The number of hydrogen-bond acceptors (Lipinski definition) is 3. The normalized spacial score (nSPS) is 13.1. The van der Waals surface area contributed by atoms with Gasteiger partial charge in [-0.1, -0.05) is 11.6 Å². The summed E-state index contributed by atoms with van der Waals surface area (Å²) in [5.41, 5.74) is 1.48. The molecule has 3 rings (SSSR count). The number of carbonyl (C=O) groups is 2. The molecule has 6 heteroatoms. The Morgan fingerprint density at radius 1 is 1.19 bits per heavy atom. The van der Waals surface area contributed by atoms with E-state index < -0.39 is 0 Å². The molecule has 0 atom stereocenters. The number of ether oxygens (including phenoxy) is 1. The summed E-state index contributed by atoms with van der Waals surface area (Å²) in [6, 6.07) is 10.1. The second-order valence-corrected chi connectivity index (χ2v) is 6.08. The van der Waals surface area contributed by atoms with E-state index in [1.54, 1.807) is 36.4 Å². The standard InChI is InChI=1S/C15H9ClINO3/c16-10-5-8(1-3-11(10)17)15(20)9-2-4-13-12(6-9)18-14(19)7-21-13/h1-6H,7H2,(H,18,19). The summed E-state index contributed by atoms with van der Waals surface area (Å²) in [6.07, 6.45) is 0. The van der Waals surface area contributed by atoms with Crippen LogP contribution in [0.3, 0.4) is 0 Å². The lowest BCUT2D eigenvalue weighted by molar-refractivity contribution is -0.118. The Hall–Kier alpha value is -1.60. The molecule has 1 heterocycles. The van der Waals surface area contributed by atoms with Crippen molar-refractivity contribution in [3.63, 3.8) is 0 Å². The Morgan fingerprint density at radius 2 is 1.90 bits per heavy atom. The molecule has 1 aliphatic rings. The highest BCUT2D eigenvalue weighted by Crippen LogP contribution is 2.29. The van der Waals surface area contributed by atoms with Crippen LogP contribution in [0.4, 0.5) is 5.69 Å². The van der Waals surface area contributed by atoms with Crippen molar-refractivity contribution >= 4 is 51.6 Å². The van der Waals surface area contributed by atoms with Crippen molar-refractivity contribution in [2.45, 2.75) is 0 Å². The second kappa shape index (κ2) is 5.65.